The number of hydrogen-bond donors (Lipinski definition) is 1. The van der Waals surface area contributed by atoms with Crippen LogP contribution in [0.5, 0.6) is 0 Å². The number of unbranched alkanes of at least 4 members (excludes halogenated alkanes) is 1. The van der Waals surface area contributed by atoms with Gasteiger partial charge in [0, 0.05) is 13.6 Å². The molecule has 0 unspecified atom stereocenters. The lowest BCUT2D eigenvalue weighted by Crippen LogP contribution is -2.17. The van der Waals surface area contributed by atoms with E-state index in [1.54, 1.807) is 0 Å². The van der Waals surface area contributed by atoms with E-state index in [2.05, 4.69) is 24.3 Å². The molecule has 0 aliphatic heterocycles. The van der Waals surface area contributed by atoms with E-state index in [-0.39, 0.29) is 0 Å². The SMILES string of the molecule is Cc1nn(C)c(CNCCCCC(C)C)c1Cl. The molecular weight excluding hydrogens is 234 g/mol. The summed E-state index contributed by atoms with van der Waals surface area (Å²) in [4.78, 5) is 0. The van der Waals surface area contributed by atoms with Crippen molar-refractivity contribution in [1.82, 2.24) is 15.1 Å². The summed E-state index contributed by atoms with van der Waals surface area (Å²) in [6, 6.07) is 0. The van der Waals surface area contributed by atoms with Crippen LogP contribution >= 0.6 is 11.6 Å². The fourth-order valence-corrected chi connectivity index (χ4v) is 2.11. The van der Waals surface area contributed by atoms with Crippen molar-refractivity contribution in [2.75, 3.05) is 6.54 Å². The molecule has 0 aliphatic rings. The first-order valence-corrected chi connectivity index (χ1v) is 6.78. The highest BCUT2D eigenvalue weighted by Gasteiger charge is 2.09. The van der Waals surface area contributed by atoms with Crippen molar-refractivity contribution in [3.63, 3.8) is 0 Å². The van der Waals surface area contributed by atoms with Gasteiger partial charge in [0.05, 0.1) is 16.4 Å². The van der Waals surface area contributed by atoms with Crippen LogP contribution in [0.15, 0.2) is 0 Å². The predicted molar refractivity (Wildman–Crippen MR) is 73.4 cm³/mol. The average molecular weight is 258 g/mol. The molecule has 1 aromatic rings. The Morgan fingerprint density at radius 3 is 2.59 bits per heavy atom. The molecule has 1 aromatic heterocycles. The molecule has 0 fully saturated rings. The molecule has 1 heterocycles. The summed E-state index contributed by atoms with van der Waals surface area (Å²) in [6.07, 6.45) is 3.84. The smallest absolute Gasteiger partial charge is 0.0860 e. The molecule has 0 spiro atoms. The predicted octanol–water partition coefficient (Wildman–Crippen LogP) is 3.30. The highest BCUT2D eigenvalue weighted by molar-refractivity contribution is 6.31. The molecule has 0 aromatic carbocycles. The van der Waals surface area contributed by atoms with Crippen molar-refractivity contribution in [3.8, 4) is 0 Å². The second-order valence-electron chi connectivity index (χ2n) is 5.04. The lowest BCUT2D eigenvalue weighted by Gasteiger charge is -2.07. The highest BCUT2D eigenvalue weighted by atomic mass is 35.5. The van der Waals surface area contributed by atoms with Crippen molar-refractivity contribution in [2.24, 2.45) is 13.0 Å². The molecule has 1 N–H and O–H groups in total. The first-order valence-electron chi connectivity index (χ1n) is 6.41. The van der Waals surface area contributed by atoms with Gasteiger partial charge in [0.25, 0.3) is 0 Å². The van der Waals surface area contributed by atoms with Gasteiger partial charge in [-0.3, -0.25) is 4.68 Å². The summed E-state index contributed by atoms with van der Waals surface area (Å²) in [7, 11) is 1.94. The molecule has 0 aliphatic carbocycles. The van der Waals surface area contributed by atoms with E-state index >= 15 is 0 Å². The minimum atomic E-state index is 0.794. The van der Waals surface area contributed by atoms with E-state index in [0.29, 0.717) is 0 Å². The summed E-state index contributed by atoms with van der Waals surface area (Å²) >= 11 is 6.17. The third-order valence-electron chi connectivity index (χ3n) is 2.94. The molecule has 17 heavy (non-hydrogen) atoms. The summed E-state index contributed by atoms with van der Waals surface area (Å²) in [5.41, 5.74) is 1.99. The van der Waals surface area contributed by atoms with Gasteiger partial charge in [0.2, 0.25) is 0 Å². The second kappa shape index (κ2) is 7.02. The van der Waals surface area contributed by atoms with Crippen molar-refractivity contribution in [3.05, 3.63) is 16.4 Å². The summed E-state index contributed by atoms with van der Waals surface area (Å²) < 4.78 is 1.86. The van der Waals surface area contributed by atoms with Crippen molar-refractivity contribution < 1.29 is 0 Å². The monoisotopic (exact) mass is 257 g/mol. The second-order valence-corrected chi connectivity index (χ2v) is 5.41. The van der Waals surface area contributed by atoms with Gasteiger partial charge in [-0.25, -0.2) is 0 Å². The van der Waals surface area contributed by atoms with Crippen LogP contribution in [0.4, 0.5) is 0 Å². The van der Waals surface area contributed by atoms with Gasteiger partial charge in [-0.2, -0.15) is 5.10 Å². The molecule has 0 amide bonds. The van der Waals surface area contributed by atoms with Crippen LogP contribution in [0, 0.1) is 12.8 Å². The highest BCUT2D eigenvalue weighted by Crippen LogP contribution is 2.18. The molecular formula is C13H24ClN3. The number of nitrogens with zero attached hydrogens (tertiary/aromatic N) is 2. The van der Waals surface area contributed by atoms with Crippen LogP contribution in [0.2, 0.25) is 5.02 Å². The van der Waals surface area contributed by atoms with Gasteiger partial charge in [-0.1, -0.05) is 38.3 Å². The minimum absolute atomic E-state index is 0.794. The van der Waals surface area contributed by atoms with Gasteiger partial charge in [-0.05, 0) is 25.8 Å². The van der Waals surface area contributed by atoms with E-state index in [1.165, 1.54) is 19.3 Å². The van der Waals surface area contributed by atoms with E-state index in [1.807, 2.05) is 18.7 Å². The third kappa shape index (κ3) is 4.68. The fraction of sp³-hybridized carbons (Fsp3) is 0.769. The first-order chi connectivity index (χ1) is 8.02. The van der Waals surface area contributed by atoms with E-state index in [4.69, 9.17) is 11.6 Å². The van der Waals surface area contributed by atoms with Crippen LogP contribution in [0.1, 0.15) is 44.5 Å². The normalized spacial score (nSPS) is 11.4. The number of aromatic nitrogens is 2. The quantitative estimate of drug-likeness (QED) is 0.760. The number of hydrogen-bond acceptors (Lipinski definition) is 2. The zero-order chi connectivity index (χ0) is 12.8. The summed E-state index contributed by atoms with van der Waals surface area (Å²) in [5, 5.41) is 8.51. The fourth-order valence-electron chi connectivity index (χ4n) is 1.88. The van der Waals surface area contributed by atoms with Gasteiger partial charge < -0.3 is 5.32 Å². The molecule has 0 atom stereocenters. The van der Waals surface area contributed by atoms with Crippen LogP contribution < -0.4 is 5.32 Å². The lowest BCUT2D eigenvalue weighted by molar-refractivity contribution is 0.516. The lowest BCUT2D eigenvalue weighted by atomic mass is 10.1. The average Bonchev–Trinajstić information content (AvgIpc) is 2.48. The Hall–Kier alpha value is -0.540. The molecule has 3 nitrogen and oxygen atoms in total. The third-order valence-corrected chi connectivity index (χ3v) is 3.43. The van der Waals surface area contributed by atoms with Crippen LogP contribution in [0.3, 0.4) is 0 Å². The number of nitrogens with one attached hydrogen (secondary N) is 1. The Bertz CT molecular complexity index is 345. The maximum absolute atomic E-state index is 6.17. The van der Waals surface area contributed by atoms with Crippen LogP contribution in [-0.2, 0) is 13.6 Å². The van der Waals surface area contributed by atoms with E-state index in [0.717, 1.165) is 35.4 Å². The Morgan fingerprint density at radius 1 is 1.35 bits per heavy atom. The molecule has 0 saturated carbocycles. The standard InChI is InChI=1S/C13H24ClN3/c1-10(2)7-5-6-8-15-9-12-13(14)11(3)16-17(12)4/h10,15H,5-9H2,1-4H3. The largest absolute Gasteiger partial charge is 0.311 e. The van der Waals surface area contributed by atoms with Crippen molar-refractivity contribution >= 4 is 11.6 Å². The zero-order valence-corrected chi connectivity index (χ0v) is 12.1. The van der Waals surface area contributed by atoms with E-state index < -0.39 is 0 Å². The van der Waals surface area contributed by atoms with Gasteiger partial charge in [0.1, 0.15) is 0 Å². The minimum Gasteiger partial charge on any atom is -0.311 e. The first kappa shape index (κ1) is 14.5. The van der Waals surface area contributed by atoms with Crippen LogP contribution in [-0.4, -0.2) is 16.3 Å². The zero-order valence-electron chi connectivity index (χ0n) is 11.4. The number of rotatable bonds is 7. The number of aryl methyl sites for hydroxylation is 2. The molecule has 98 valence electrons. The van der Waals surface area contributed by atoms with Crippen LogP contribution in [0.25, 0.3) is 0 Å². The summed E-state index contributed by atoms with van der Waals surface area (Å²) in [5.74, 6) is 0.809. The topological polar surface area (TPSA) is 29.9 Å². The number of halogens is 1. The Balaban J connectivity index is 2.22. The Labute approximate surface area is 110 Å². The Kier molecular flexibility index (Phi) is 6.00. The van der Waals surface area contributed by atoms with Gasteiger partial charge >= 0.3 is 0 Å². The van der Waals surface area contributed by atoms with E-state index in [9.17, 15) is 0 Å². The molecule has 0 saturated heterocycles. The molecule has 4 heteroatoms. The maximum Gasteiger partial charge on any atom is 0.0860 e. The van der Waals surface area contributed by atoms with Crippen molar-refractivity contribution in [2.45, 2.75) is 46.6 Å². The molecule has 0 bridgehead atoms. The maximum atomic E-state index is 6.17. The van der Waals surface area contributed by atoms with Gasteiger partial charge in [0.15, 0.2) is 0 Å². The molecule has 0 radical (unpaired) electrons. The van der Waals surface area contributed by atoms with Crippen molar-refractivity contribution in [1.29, 1.82) is 0 Å². The Morgan fingerprint density at radius 2 is 2.06 bits per heavy atom. The summed E-state index contributed by atoms with van der Waals surface area (Å²) in [6.45, 7) is 8.33. The van der Waals surface area contributed by atoms with Gasteiger partial charge in [-0.15, -0.1) is 0 Å². The molecule has 1 rings (SSSR count).